The van der Waals surface area contributed by atoms with Crippen LogP contribution >= 0.6 is 0 Å². The normalized spacial score (nSPS) is 10.7. The highest BCUT2D eigenvalue weighted by Crippen LogP contribution is 2.27. The van der Waals surface area contributed by atoms with Crippen molar-refractivity contribution < 1.29 is 0 Å². The summed E-state index contributed by atoms with van der Waals surface area (Å²) in [7, 11) is 2.12. The second-order valence-corrected chi connectivity index (χ2v) is 8.29. The average molecular weight is 455 g/mol. The molecule has 0 atom stereocenters. The summed E-state index contributed by atoms with van der Waals surface area (Å²) < 4.78 is 4.21. The van der Waals surface area contributed by atoms with E-state index in [1.807, 2.05) is 77.6 Å². The summed E-state index contributed by atoms with van der Waals surface area (Å²) in [5.41, 5.74) is 6.45. The number of aryl methyl sites for hydroxylation is 1. The lowest BCUT2D eigenvalue weighted by molar-refractivity contribution is 1.01. The fraction of sp³-hybridized carbons (Fsp3) is 0.0323. The monoisotopic (exact) mass is 454 g/mol. The first kappa shape index (κ1) is 22.1. The minimum atomic E-state index is 0.452. The van der Waals surface area contributed by atoms with Gasteiger partial charge in [-0.2, -0.15) is 0 Å². The highest BCUT2D eigenvalue weighted by molar-refractivity contribution is 6.13. The summed E-state index contributed by atoms with van der Waals surface area (Å²) in [5.74, 6) is 0. The molecule has 2 aromatic heterocycles. The zero-order chi connectivity index (χ0) is 24.2. The van der Waals surface area contributed by atoms with Gasteiger partial charge in [-0.3, -0.25) is 10.4 Å². The van der Waals surface area contributed by atoms with Crippen molar-refractivity contribution in [1.29, 1.82) is 5.41 Å². The average Bonchev–Trinajstić information content (AvgIpc) is 3.50. The van der Waals surface area contributed by atoms with Gasteiger partial charge < -0.3 is 9.13 Å². The summed E-state index contributed by atoms with van der Waals surface area (Å²) in [4.78, 5) is 4.05. The number of hydrogen-bond acceptors (Lipinski definition) is 2. The fourth-order valence-corrected chi connectivity index (χ4v) is 4.39. The van der Waals surface area contributed by atoms with Crippen LogP contribution in [0, 0.1) is 5.41 Å². The Morgan fingerprint density at radius 3 is 1.77 bits per heavy atom. The maximum atomic E-state index is 8.39. The van der Waals surface area contributed by atoms with E-state index in [1.165, 1.54) is 21.8 Å². The van der Waals surface area contributed by atoms with Gasteiger partial charge in [-0.25, -0.2) is 0 Å². The molecule has 0 radical (unpaired) electrons. The van der Waals surface area contributed by atoms with Crippen LogP contribution in [0.2, 0.25) is 0 Å². The van der Waals surface area contributed by atoms with Crippen LogP contribution in [0.4, 0.5) is 5.69 Å². The quantitative estimate of drug-likeness (QED) is 0.267. The summed E-state index contributed by atoms with van der Waals surface area (Å²) in [6.45, 7) is 3.61. The molecule has 6 rings (SSSR count). The number of fused-ring (bicyclic) bond motifs is 3. The Morgan fingerprint density at radius 2 is 1.20 bits per heavy atom. The molecule has 35 heavy (non-hydrogen) atoms. The Hall–Kier alpha value is -4.70. The number of nitrogens with one attached hydrogen (secondary N) is 1. The fourth-order valence-electron chi connectivity index (χ4n) is 4.39. The molecule has 0 unspecified atom stereocenters. The van der Waals surface area contributed by atoms with Gasteiger partial charge >= 0.3 is 0 Å². The van der Waals surface area contributed by atoms with Gasteiger partial charge in [0.2, 0.25) is 0 Å². The zero-order valence-electron chi connectivity index (χ0n) is 19.6. The van der Waals surface area contributed by atoms with Gasteiger partial charge in [0.15, 0.2) is 0 Å². The third-order valence-corrected chi connectivity index (χ3v) is 6.18. The molecule has 0 bridgehead atoms. The lowest BCUT2D eigenvalue weighted by Gasteiger charge is -2.03. The number of aliphatic imine (C=N–C) groups is 1. The number of hydrogen-bond donors (Lipinski definition) is 1. The van der Waals surface area contributed by atoms with Gasteiger partial charge in [0, 0.05) is 58.1 Å². The Bertz CT molecular complexity index is 1570. The molecule has 0 fully saturated rings. The maximum Gasteiger partial charge on any atom is 0.0897 e. The molecule has 1 N–H and O–H groups in total. The van der Waals surface area contributed by atoms with Crippen LogP contribution in [0.1, 0.15) is 11.1 Å². The van der Waals surface area contributed by atoms with Crippen LogP contribution in [-0.4, -0.2) is 21.6 Å². The van der Waals surface area contributed by atoms with Crippen LogP contribution in [-0.2, 0) is 7.05 Å². The Labute approximate surface area is 204 Å². The van der Waals surface area contributed by atoms with Crippen LogP contribution < -0.4 is 0 Å². The summed E-state index contributed by atoms with van der Waals surface area (Å²) in [6.07, 6.45) is 3.82. The van der Waals surface area contributed by atoms with E-state index in [2.05, 4.69) is 71.9 Å². The lowest BCUT2D eigenvalue weighted by Crippen LogP contribution is -2.00. The van der Waals surface area contributed by atoms with Gasteiger partial charge in [0.1, 0.15) is 0 Å². The van der Waals surface area contributed by atoms with Crippen molar-refractivity contribution in [2.45, 2.75) is 0 Å². The largest absolute Gasteiger partial charge is 0.344 e. The highest BCUT2D eigenvalue weighted by atomic mass is 15.0. The van der Waals surface area contributed by atoms with Crippen molar-refractivity contribution in [1.82, 2.24) is 9.13 Å². The third kappa shape index (κ3) is 4.30. The molecule has 4 aromatic carbocycles. The molecule has 0 aliphatic rings. The van der Waals surface area contributed by atoms with Crippen molar-refractivity contribution in [3.05, 3.63) is 133 Å². The van der Waals surface area contributed by atoms with E-state index in [1.54, 1.807) is 0 Å². The highest BCUT2D eigenvalue weighted by Gasteiger charge is 2.13. The maximum absolute atomic E-state index is 8.39. The molecule has 2 heterocycles. The molecule has 0 saturated carbocycles. The van der Waals surface area contributed by atoms with Crippen molar-refractivity contribution in [3.63, 3.8) is 0 Å². The number of aromatic nitrogens is 2. The molecular formula is C31H26N4. The van der Waals surface area contributed by atoms with E-state index < -0.39 is 0 Å². The summed E-state index contributed by atoms with van der Waals surface area (Å²) >= 11 is 0. The minimum Gasteiger partial charge on any atom is -0.344 e. The second kappa shape index (κ2) is 9.65. The van der Waals surface area contributed by atoms with Crippen LogP contribution in [0.3, 0.4) is 0 Å². The van der Waals surface area contributed by atoms with Gasteiger partial charge in [0.05, 0.1) is 11.4 Å². The molecule has 0 amide bonds. The van der Waals surface area contributed by atoms with Crippen LogP contribution in [0.25, 0.3) is 27.5 Å². The molecule has 0 aliphatic carbocycles. The molecule has 0 aliphatic heterocycles. The standard InChI is InChI=1S/C18H15N3.C13H11N/c1-20-17-13-21(15-10-6-3-7-11-15)12-16(17)18(19)14-8-4-2-5-9-14;1-14-12-8-4-2-6-10(12)11-7-3-5-9-13(11)14/h2-13,19H,1H2;2-9H,1H3. The van der Waals surface area contributed by atoms with E-state index >= 15 is 0 Å². The van der Waals surface area contributed by atoms with Crippen molar-refractivity contribution in [2.75, 3.05) is 0 Å². The Balaban J connectivity index is 0.000000156. The zero-order valence-corrected chi connectivity index (χ0v) is 19.6. The molecule has 4 nitrogen and oxygen atoms in total. The van der Waals surface area contributed by atoms with Crippen LogP contribution in [0.15, 0.2) is 127 Å². The van der Waals surface area contributed by atoms with E-state index in [4.69, 9.17) is 5.41 Å². The Kier molecular flexibility index (Phi) is 6.10. The predicted molar refractivity (Wildman–Crippen MR) is 148 cm³/mol. The molecule has 0 saturated heterocycles. The van der Waals surface area contributed by atoms with E-state index in [0.29, 0.717) is 11.4 Å². The van der Waals surface area contributed by atoms with Crippen LogP contribution in [0.5, 0.6) is 0 Å². The molecule has 6 aromatic rings. The first-order valence-electron chi connectivity index (χ1n) is 11.5. The number of benzene rings is 4. The summed E-state index contributed by atoms with van der Waals surface area (Å²) in [5, 5.41) is 11.1. The molecule has 4 heteroatoms. The van der Waals surface area contributed by atoms with Crippen molar-refractivity contribution in [2.24, 2.45) is 12.0 Å². The Morgan fingerprint density at radius 1 is 0.686 bits per heavy atom. The lowest BCUT2D eigenvalue weighted by atomic mass is 10.0. The van der Waals surface area contributed by atoms with Crippen molar-refractivity contribution in [3.8, 4) is 5.69 Å². The molecule has 170 valence electrons. The first-order valence-corrected chi connectivity index (χ1v) is 11.5. The smallest absolute Gasteiger partial charge is 0.0897 e. The summed E-state index contributed by atoms with van der Waals surface area (Å²) in [6, 6.07) is 36.7. The van der Waals surface area contributed by atoms with Gasteiger partial charge in [-0.1, -0.05) is 84.9 Å². The van der Waals surface area contributed by atoms with Gasteiger partial charge in [-0.15, -0.1) is 0 Å². The number of para-hydroxylation sites is 3. The second-order valence-electron chi connectivity index (χ2n) is 8.29. The molecular weight excluding hydrogens is 428 g/mol. The number of rotatable bonds is 4. The third-order valence-electron chi connectivity index (χ3n) is 6.18. The van der Waals surface area contributed by atoms with Gasteiger partial charge in [0.25, 0.3) is 0 Å². The van der Waals surface area contributed by atoms with E-state index in [9.17, 15) is 0 Å². The topological polar surface area (TPSA) is 46.1 Å². The number of nitrogens with zero attached hydrogens (tertiary/aromatic N) is 3. The predicted octanol–water partition coefficient (Wildman–Crippen LogP) is 7.56. The first-order chi connectivity index (χ1) is 17.2. The van der Waals surface area contributed by atoms with E-state index in [-0.39, 0.29) is 0 Å². The SMILES string of the molecule is C=Nc1cn(-c2ccccc2)cc1C(=N)c1ccccc1.Cn1c2ccccc2c2ccccc21. The van der Waals surface area contributed by atoms with E-state index in [0.717, 1.165) is 16.8 Å². The van der Waals surface area contributed by atoms with Gasteiger partial charge in [-0.05, 0) is 31.0 Å². The van der Waals surface area contributed by atoms with Crippen molar-refractivity contribution >= 4 is 39.9 Å². The molecule has 0 spiro atoms. The minimum absolute atomic E-state index is 0.452.